The maximum atomic E-state index is 3.26. The summed E-state index contributed by atoms with van der Waals surface area (Å²) in [5, 5.41) is 6.89. The van der Waals surface area contributed by atoms with E-state index in [1.807, 2.05) is 11.3 Å². The number of nitrogens with one attached hydrogen (secondary N) is 1. The summed E-state index contributed by atoms with van der Waals surface area (Å²) in [7, 11) is 0. The topological polar surface area (TPSA) is 12.0 Å². The first kappa shape index (κ1) is 8.21. The molecule has 2 heteroatoms. The number of hydrogen-bond donors (Lipinski definition) is 1. The van der Waals surface area contributed by atoms with Crippen LogP contribution in [0.15, 0.2) is 35.2 Å². The fraction of sp³-hybridized carbons (Fsp3) is 0.167. The molecule has 0 spiro atoms. The van der Waals surface area contributed by atoms with Crippen LogP contribution in [-0.4, -0.2) is 13.1 Å². The predicted molar refractivity (Wildman–Crippen MR) is 62.7 cm³/mol. The lowest BCUT2D eigenvalue weighted by Crippen LogP contribution is -2.33. The van der Waals surface area contributed by atoms with Gasteiger partial charge in [-0.2, -0.15) is 0 Å². The van der Waals surface area contributed by atoms with Crippen molar-refractivity contribution in [3.63, 3.8) is 0 Å². The van der Waals surface area contributed by atoms with Gasteiger partial charge in [-0.1, -0.05) is 24.3 Å². The van der Waals surface area contributed by atoms with Gasteiger partial charge in [0.25, 0.3) is 0 Å². The Hall–Kier alpha value is -1.12. The highest BCUT2D eigenvalue weighted by Crippen LogP contribution is 2.27. The molecule has 0 bridgehead atoms. The van der Waals surface area contributed by atoms with Crippen LogP contribution in [0.25, 0.3) is 16.2 Å². The molecule has 0 aliphatic carbocycles. The fourth-order valence-electron chi connectivity index (χ4n) is 1.70. The third-order valence-electron chi connectivity index (χ3n) is 2.57. The lowest BCUT2D eigenvalue weighted by atomic mass is 10.1. The summed E-state index contributed by atoms with van der Waals surface area (Å²) in [4.78, 5) is 0. The standard InChI is InChI=1S/C12H11NS/c1-2-4-12-11(3-1)10(8-14-12)5-9-6-13-7-9/h1-5,8,13H,6-7H2. The number of hydrogen-bond acceptors (Lipinski definition) is 2. The van der Waals surface area contributed by atoms with Crippen LogP contribution in [0.1, 0.15) is 5.56 Å². The second-order valence-electron chi connectivity index (χ2n) is 3.59. The smallest absolute Gasteiger partial charge is 0.0348 e. The summed E-state index contributed by atoms with van der Waals surface area (Å²) in [5.74, 6) is 0. The molecule has 1 saturated heterocycles. The number of thiophene rings is 1. The van der Waals surface area contributed by atoms with E-state index in [9.17, 15) is 0 Å². The van der Waals surface area contributed by atoms with Gasteiger partial charge in [-0.3, -0.25) is 0 Å². The zero-order chi connectivity index (χ0) is 9.38. The van der Waals surface area contributed by atoms with Crippen LogP contribution in [0.4, 0.5) is 0 Å². The molecule has 2 aromatic rings. The molecule has 70 valence electrons. The first-order chi connectivity index (χ1) is 6.93. The van der Waals surface area contributed by atoms with Crippen LogP contribution in [0.3, 0.4) is 0 Å². The second-order valence-corrected chi connectivity index (χ2v) is 4.50. The van der Waals surface area contributed by atoms with Gasteiger partial charge in [0.15, 0.2) is 0 Å². The lowest BCUT2D eigenvalue weighted by molar-refractivity contribution is 0.675. The SMILES string of the molecule is C(=C1CNC1)c1csc2ccccc12. The number of rotatable bonds is 1. The monoisotopic (exact) mass is 201 g/mol. The van der Waals surface area contributed by atoms with Gasteiger partial charge in [-0.15, -0.1) is 11.3 Å². The zero-order valence-electron chi connectivity index (χ0n) is 7.79. The van der Waals surface area contributed by atoms with E-state index in [0.29, 0.717) is 0 Å². The van der Waals surface area contributed by atoms with E-state index in [1.165, 1.54) is 21.2 Å². The third-order valence-corrected chi connectivity index (χ3v) is 3.56. The van der Waals surface area contributed by atoms with Crippen molar-refractivity contribution in [2.45, 2.75) is 0 Å². The van der Waals surface area contributed by atoms with Crippen molar-refractivity contribution in [1.82, 2.24) is 5.32 Å². The summed E-state index contributed by atoms with van der Waals surface area (Å²) >= 11 is 1.83. The molecule has 1 aliphatic rings. The van der Waals surface area contributed by atoms with Crippen molar-refractivity contribution in [3.8, 4) is 0 Å². The fourth-order valence-corrected chi connectivity index (χ4v) is 2.62. The molecule has 0 saturated carbocycles. The molecule has 1 fully saturated rings. The predicted octanol–water partition coefficient (Wildman–Crippen LogP) is 2.89. The maximum Gasteiger partial charge on any atom is 0.0348 e. The Balaban J connectivity index is 2.12. The molecule has 0 atom stereocenters. The zero-order valence-corrected chi connectivity index (χ0v) is 8.60. The highest BCUT2D eigenvalue weighted by Gasteiger charge is 2.08. The van der Waals surface area contributed by atoms with Crippen LogP contribution < -0.4 is 5.32 Å². The molecule has 1 aliphatic heterocycles. The summed E-state index contributed by atoms with van der Waals surface area (Å²) < 4.78 is 1.38. The van der Waals surface area contributed by atoms with Crippen LogP contribution in [-0.2, 0) is 0 Å². The van der Waals surface area contributed by atoms with Crippen LogP contribution >= 0.6 is 11.3 Å². The van der Waals surface area contributed by atoms with E-state index in [1.54, 1.807) is 0 Å². The molecule has 1 aromatic carbocycles. The van der Waals surface area contributed by atoms with E-state index in [2.05, 4.69) is 41.0 Å². The van der Waals surface area contributed by atoms with Gasteiger partial charge in [0.2, 0.25) is 0 Å². The molecule has 0 amide bonds. The van der Waals surface area contributed by atoms with Crippen molar-refractivity contribution < 1.29 is 0 Å². The van der Waals surface area contributed by atoms with Crippen molar-refractivity contribution in [2.24, 2.45) is 0 Å². The Labute approximate surface area is 87.1 Å². The molecular weight excluding hydrogens is 190 g/mol. The molecule has 14 heavy (non-hydrogen) atoms. The van der Waals surface area contributed by atoms with E-state index < -0.39 is 0 Å². The van der Waals surface area contributed by atoms with Gasteiger partial charge in [-0.25, -0.2) is 0 Å². The summed E-state index contributed by atoms with van der Waals surface area (Å²) in [6.07, 6.45) is 2.31. The summed E-state index contributed by atoms with van der Waals surface area (Å²) in [6.45, 7) is 2.12. The minimum atomic E-state index is 1.06. The molecule has 1 N–H and O–H groups in total. The largest absolute Gasteiger partial charge is 0.309 e. The van der Waals surface area contributed by atoms with Crippen molar-refractivity contribution in [2.75, 3.05) is 13.1 Å². The van der Waals surface area contributed by atoms with E-state index in [0.717, 1.165) is 13.1 Å². The first-order valence-electron chi connectivity index (χ1n) is 4.80. The quantitative estimate of drug-likeness (QED) is 0.748. The summed E-state index contributed by atoms with van der Waals surface area (Å²) in [5.41, 5.74) is 2.88. The average molecular weight is 201 g/mol. The molecule has 2 heterocycles. The second kappa shape index (κ2) is 3.23. The first-order valence-corrected chi connectivity index (χ1v) is 5.68. The highest BCUT2D eigenvalue weighted by molar-refractivity contribution is 7.17. The average Bonchev–Trinajstić information content (AvgIpc) is 2.55. The number of benzene rings is 1. The van der Waals surface area contributed by atoms with Gasteiger partial charge < -0.3 is 5.32 Å². The van der Waals surface area contributed by atoms with E-state index in [-0.39, 0.29) is 0 Å². The molecule has 0 radical (unpaired) electrons. The third kappa shape index (κ3) is 1.27. The Morgan fingerprint density at radius 3 is 2.86 bits per heavy atom. The van der Waals surface area contributed by atoms with Gasteiger partial charge in [0, 0.05) is 17.8 Å². The molecular formula is C12H11NS. The van der Waals surface area contributed by atoms with Crippen LogP contribution in [0.2, 0.25) is 0 Å². The molecule has 1 nitrogen and oxygen atoms in total. The van der Waals surface area contributed by atoms with Gasteiger partial charge in [-0.05, 0) is 28.0 Å². The Bertz CT molecular complexity index is 490. The Kier molecular flexibility index (Phi) is 1.89. The molecule has 0 unspecified atom stereocenters. The van der Waals surface area contributed by atoms with Crippen molar-refractivity contribution in [1.29, 1.82) is 0 Å². The van der Waals surface area contributed by atoms with Crippen molar-refractivity contribution in [3.05, 3.63) is 40.8 Å². The summed E-state index contributed by atoms with van der Waals surface area (Å²) in [6, 6.07) is 8.59. The number of fused-ring (bicyclic) bond motifs is 1. The Morgan fingerprint density at radius 1 is 1.21 bits per heavy atom. The lowest BCUT2D eigenvalue weighted by Gasteiger charge is -2.18. The Morgan fingerprint density at radius 2 is 2.07 bits per heavy atom. The van der Waals surface area contributed by atoms with Gasteiger partial charge in [0.05, 0.1) is 0 Å². The van der Waals surface area contributed by atoms with E-state index >= 15 is 0 Å². The minimum absolute atomic E-state index is 1.06. The highest BCUT2D eigenvalue weighted by atomic mass is 32.1. The van der Waals surface area contributed by atoms with Crippen LogP contribution in [0, 0.1) is 0 Å². The molecule has 1 aromatic heterocycles. The van der Waals surface area contributed by atoms with Crippen molar-refractivity contribution >= 4 is 27.5 Å². The van der Waals surface area contributed by atoms with E-state index in [4.69, 9.17) is 0 Å². The maximum absolute atomic E-state index is 3.26. The normalized spacial score (nSPS) is 15.6. The van der Waals surface area contributed by atoms with Crippen LogP contribution in [0.5, 0.6) is 0 Å². The minimum Gasteiger partial charge on any atom is -0.309 e. The molecule has 3 rings (SSSR count). The van der Waals surface area contributed by atoms with Gasteiger partial charge in [0.1, 0.15) is 0 Å². The van der Waals surface area contributed by atoms with Gasteiger partial charge >= 0.3 is 0 Å².